The third kappa shape index (κ3) is 4.68. The third-order valence-electron chi connectivity index (χ3n) is 6.71. The number of H-pyrrole nitrogens is 1. The normalized spacial score (nSPS) is 22.9. The predicted octanol–water partition coefficient (Wildman–Crippen LogP) is 1.61. The number of hydrogen-bond acceptors (Lipinski definition) is 5. The number of likely N-dealkylation sites (tertiary alicyclic amines) is 1. The molecule has 0 bridgehead atoms. The van der Waals surface area contributed by atoms with E-state index >= 15 is 0 Å². The monoisotopic (exact) mass is 455 g/mol. The summed E-state index contributed by atoms with van der Waals surface area (Å²) in [6, 6.07) is 6.80. The molecule has 0 saturated carbocycles. The maximum atomic E-state index is 13.5. The zero-order chi connectivity index (χ0) is 23.8. The van der Waals surface area contributed by atoms with Crippen LogP contribution in [0.1, 0.15) is 43.6 Å². The molecular weight excluding hydrogens is 422 g/mol. The molecule has 4 N–H and O–H groups in total. The van der Waals surface area contributed by atoms with Crippen LogP contribution in [-0.4, -0.2) is 67.1 Å². The second-order valence-electron chi connectivity index (χ2n) is 9.78. The molecule has 0 spiro atoms. The van der Waals surface area contributed by atoms with Gasteiger partial charge in [-0.25, -0.2) is 0 Å². The van der Waals surface area contributed by atoms with E-state index in [0.29, 0.717) is 37.4 Å². The number of aromatic amines is 1. The molecule has 2 unspecified atom stereocenters. The third-order valence-corrected chi connectivity index (χ3v) is 6.71. The maximum absolute atomic E-state index is 13.5. The van der Waals surface area contributed by atoms with Gasteiger partial charge in [0.2, 0.25) is 11.8 Å². The number of amides is 3. The van der Waals surface area contributed by atoms with Crippen LogP contribution in [0.4, 0.5) is 0 Å². The molecule has 2 aliphatic rings. The molecule has 4 rings (SSSR count). The van der Waals surface area contributed by atoms with Gasteiger partial charge in [0.1, 0.15) is 17.5 Å². The molecule has 1 aromatic carbocycles. The van der Waals surface area contributed by atoms with Crippen LogP contribution in [0, 0.1) is 11.3 Å². The van der Waals surface area contributed by atoms with E-state index in [1.807, 2.05) is 18.2 Å². The summed E-state index contributed by atoms with van der Waals surface area (Å²) < 4.78 is 5.41. The van der Waals surface area contributed by atoms with Crippen molar-refractivity contribution in [2.75, 3.05) is 27.2 Å². The first kappa shape index (κ1) is 23.1. The van der Waals surface area contributed by atoms with E-state index < -0.39 is 6.04 Å². The van der Waals surface area contributed by atoms with E-state index in [1.54, 1.807) is 25.1 Å². The van der Waals surface area contributed by atoms with E-state index in [-0.39, 0.29) is 35.2 Å². The first-order chi connectivity index (χ1) is 15.7. The number of nitrogens with zero attached hydrogens (tertiary/aromatic N) is 1. The Morgan fingerprint density at radius 1 is 1.33 bits per heavy atom. The molecular formula is C24H33N5O4. The van der Waals surface area contributed by atoms with Crippen molar-refractivity contribution in [3.63, 3.8) is 0 Å². The molecule has 2 aliphatic heterocycles. The van der Waals surface area contributed by atoms with Crippen molar-refractivity contribution in [2.24, 2.45) is 11.3 Å². The molecule has 9 nitrogen and oxygen atoms in total. The summed E-state index contributed by atoms with van der Waals surface area (Å²) in [5.41, 5.74) is 1.04. The Morgan fingerprint density at radius 2 is 2.12 bits per heavy atom. The van der Waals surface area contributed by atoms with Gasteiger partial charge in [-0.05, 0) is 49.9 Å². The summed E-state index contributed by atoms with van der Waals surface area (Å²) in [5, 5.41) is 9.78. The SMILES string of the molecule is CNC(CC1CCNC1=O)NC(=O)[C@H]1CC(C)(C)CN1C(=O)c1cc2c(OC)cccc2[nH]1. The number of aromatic nitrogens is 1. The number of benzene rings is 1. The molecule has 3 atom stereocenters. The van der Waals surface area contributed by atoms with Crippen LogP contribution in [0.3, 0.4) is 0 Å². The summed E-state index contributed by atoms with van der Waals surface area (Å²) in [6.07, 6.45) is 1.50. The van der Waals surface area contributed by atoms with Crippen LogP contribution in [0.25, 0.3) is 10.9 Å². The van der Waals surface area contributed by atoms with Gasteiger partial charge in [0.25, 0.3) is 5.91 Å². The molecule has 1 aromatic heterocycles. The van der Waals surface area contributed by atoms with Crippen molar-refractivity contribution >= 4 is 28.6 Å². The lowest BCUT2D eigenvalue weighted by Crippen LogP contribution is -2.53. The average molecular weight is 456 g/mol. The molecule has 0 radical (unpaired) electrons. The number of carbonyl (C=O) groups excluding carboxylic acids is 3. The van der Waals surface area contributed by atoms with Crippen molar-refractivity contribution in [3.8, 4) is 5.75 Å². The minimum absolute atomic E-state index is 0.0255. The van der Waals surface area contributed by atoms with Crippen molar-refractivity contribution in [3.05, 3.63) is 30.0 Å². The fourth-order valence-electron chi connectivity index (χ4n) is 4.96. The average Bonchev–Trinajstić information content (AvgIpc) is 3.48. The molecule has 2 aromatic rings. The first-order valence-electron chi connectivity index (χ1n) is 11.4. The van der Waals surface area contributed by atoms with Crippen LogP contribution >= 0.6 is 0 Å². The maximum Gasteiger partial charge on any atom is 0.271 e. The van der Waals surface area contributed by atoms with Crippen molar-refractivity contribution in [1.29, 1.82) is 0 Å². The van der Waals surface area contributed by atoms with Gasteiger partial charge >= 0.3 is 0 Å². The fraction of sp³-hybridized carbons (Fsp3) is 0.542. The van der Waals surface area contributed by atoms with Crippen molar-refractivity contribution in [1.82, 2.24) is 25.8 Å². The van der Waals surface area contributed by atoms with E-state index in [4.69, 9.17) is 4.74 Å². The lowest BCUT2D eigenvalue weighted by Gasteiger charge is -2.27. The van der Waals surface area contributed by atoms with Gasteiger partial charge in [0, 0.05) is 29.9 Å². The Labute approximate surface area is 193 Å². The number of ether oxygens (including phenoxy) is 1. The minimum Gasteiger partial charge on any atom is -0.496 e. The zero-order valence-electron chi connectivity index (χ0n) is 19.7. The van der Waals surface area contributed by atoms with Crippen LogP contribution in [0.15, 0.2) is 24.3 Å². The van der Waals surface area contributed by atoms with Gasteiger partial charge in [-0.2, -0.15) is 0 Å². The van der Waals surface area contributed by atoms with Gasteiger partial charge < -0.3 is 30.6 Å². The molecule has 2 fully saturated rings. The number of hydrogen-bond donors (Lipinski definition) is 4. The quantitative estimate of drug-likeness (QED) is 0.474. The fourth-order valence-corrected chi connectivity index (χ4v) is 4.96. The second-order valence-corrected chi connectivity index (χ2v) is 9.78. The van der Waals surface area contributed by atoms with Gasteiger partial charge in [0.15, 0.2) is 0 Å². The Balaban J connectivity index is 1.52. The van der Waals surface area contributed by atoms with Gasteiger partial charge in [0.05, 0.1) is 13.3 Å². The van der Waals surface area contributed by atoms with Crippen LogP contribution in [0.5, 0.6) is 5.75 Å². The second kappa shape index (κ2) is 9.05. The summed E-state index contributed by atoms with van der Waals surface area (Å²) in [4.78, 5) is 43.6. The summed E-state index contributed by atoms with van der Waals surface area (Å²) in [5.74, 6) is 0.168. The molecule has 0 aliphatic carbocycles. The topological polar surface area (TPSA) is 116 Å². The largest absolute Gasteiger partial charge is 0.496 e. The highest BCUT2D eigenvalue weighted by Gasteiger charge is 2.44. The highest BCUT2D eigenvalue weighted by molar-refractivity contribution is 6.01. The summed E-state index contributed by atoms with van der Waals surface area (Å²) >= 11 is 0. The van der Waals surface area contributed by atoms with Crippen molar-refractivity contribution < 1.29 is 19.1 Å². The smallest absolute Gasteiger partial charge is 0.271 e. The number of carbonyl (C=O) groups is 3. The highest BCUT2D eigenvalue weighted by Crippen LogP contribution is 2.36. The first-order valence-corrected chi connectivity index (χ1v) is 11.4. The highest BCUT2D eigenvalue weighted by atomic mass is 16.5. The van der Waals surface area contributed by atoms with Crippen LogP contribution in [-0.2, 0) is 9.59 Å². The Morgan fingerprint density at radius 3 is 2.79 bits per heavy atom. The van der Waals surface area contributed by atoms with Gasteiger partial charge in [-0.15, -0.1) is 0 Å². The van der Waals surface area contributed by atoms with Crippen molar-refractivity contribution in [2.45, 2.75) is 45.3 Å². The number of methoxy groups -OCH3 is 1. The Kier molecular flexibility index (Phi) is 6.34. The van der Waals surface area contributed by atoms with Crippen LogP contribution in [0.2, 0.25) is 0 Å². The summed E-state index contributed by atoms with van der Waals surface area (Å²) in [6.45, 7) is 5.27. The zero-order valence-corrected chi connectivity index (χ0v) is 19.7. The Hall–Kier alpha value is -3.07. The lowest BCUT2D eigenvalue weighted by molar-refractivity contribution is -0.127. The van der Waals surface area contributed by atoms with Gasteiger partial charge in [-0.1, -0.05) is 19.9 Å². The van der Waals surface area contributed by atoms with E-state index in [2.05, 4.69) is 34.8 Å². The molecule has 33 heavy (non-hydrogen) atoms. The number of fused-ring (bicyclic) bond motifs is 1. The summed E-state index contributed by atoms with van der Waals surface area (Å²) in [7, 11) is 3.36. The molecule has 2 saturated heterocycles. The van der Waals surface area contributed by atoms with E-state index in [1.165, 1.54) is 0 Å². The van der Waals surface area contributed by atoms with Crippen LogP contribution < -0.4 is 20.7 Å². The Bertz CT molecular complexity index is 1060. The minimum atomic E-state index is -0.589. The van der Waals surface area contributed by atoms with Gasteiger partial charge in [-0.3, -0.25) is 14.4 Å². The predicted molar refractivity (Wildman–Crippen MR) is 125 cm³/mol. The lowest BCUT2D eigenvalue weighted by atomic mass is 9.90. The van der Waals surface area contributed by atoms with E-state index in [9.17, 15) is 14.4 Å². The number of rotatable bonds is 7. The molecule has 178 valence electrons. The standard InChI is InChI=1S/C24H33N5O4/c1-24(2)12-18(22(31)28-20(25-3)10-14-8-9-26-21(14)30)29(13-24)23(32)17-11-15-16(27-17)6-5-7-19(15)33-4/h5-7,11,14,18,20,25,27H,8-10,12-13H2,1-4H3,(H,26,30)(H,28,31)/t14?,18-,20?/m1/s1. The van der Waals surface area contributed by atoms with E-state index in [0.717, 1.165) is 17.3 Å². The molecule has 3 heterocycles. The molecule has 9 heteroatoms. The molecule has 3 amide bonds. The number of nitrogens with one attached hydrogen (secondary N) is 4.